The topological polar surface area (TPSA) is 95.4 Å². The smallest absolute Gasteiger partial charge is 0.332 e. The molecule has 9 nitrogen and oxygen atoms in total. The average Bonchev–Trinajstić information content (AvgIpc) is 2.99. The second kappa shape index (κ2) is 7.69. The van der Waals surface area contributed by atoms with Crippen LogP contribution in [0.2, 0.25) is 10.0 Å². The van der Waals surface area contributed by atoms with E-state index >= 15 is 0 Å². The van der Waals surface area contributed by atoms with Gasteiger partial charge >= 0.3 is 5.69 Å². The van der Waals surface area contributed by atoms with E-state index in [2.05, 4.69) is 15.5 Å². The quantitative estimate of drug-likeness (QED) is 0.499. The molecule has 2 aromatic heterocycles. The normalized spacial score (nSPS) is 11.9. The lowest BCUT2D eigenvalue weighted by atomic mass is 10.3. The summed E-state index contributed by atoms with van der Waals surface area (Å²) in [6.45, 7) is 1.94. The minimum Gasteiger partial charge on any atom is -0.486 e. The van der Waals surface area contributed by atoms with Gasteiger partial charge in [-0.3, -0.25) is 13.9 Å². The van der Waals surface area contributed by atoms with Gasteiger partial charge in [-0.15, -0.1) is 0 Å². The number of benzene rings is 1. The molecule has 2 heterocycles. The second-order valence-corrected chi connectivity index (χ2v) is 7.04. The number of fused-ring (bicyclic) bond motifs is 1. The number of ether oxygens (including phenoxy) is 1. The highest BCUT2D eigenvalue weighted by molar-refractivity contribution is 6.35. The fraction of sp³-hybridized carbons (Fsp3) is 0.294. The van der Waals surface area contributed by atoms with Crippen molar-refractivity contribution >= 4 is 46.0 Å². The maximum absolute atomic E-state index is 12.4. The Kier molecular flexibility index (Phi) is 5.48. The Labute approximate surface area is 169 Å². The second-order valence-electron chi connectivity index (χ2n) is 6.19. The summed E-state index contributed by atoms with van der Waals surface area (Å²) in [4.78, 5) is 28.7. The van der Waals surface area contributed by atoms with Crippen molar-refractivity contribution < 1.29 is 4.74 Å². The minimum absolute atomic E-state index is 0.179. The van der Waals surface area contributed by atoms with Gasteiger partial charge < -0.3 is 9.30 Å². The van der Waals surface area contributed by atoms with Crippen molar-refractivity contribution in [1.29, 1.82) is 0 Å². The van der Waals surface area contributed by atoms with E-state index in [0.29, 0.717) is 33.0 Å². The molecule has 1 N–H and O–H groups in total. The molecule has 3 rings (SSSR count). The predicted molar refractivity (Wildman–Crippen MR) is 110 cm³/mol. The number of hydrogen-bond acceptors (Lipinski definition) is 6. The van der Waals surface area contributed by atoms with Crippen molar-refractivity contribution in [3.8, 4) is 5.75 Å². The first-order chi connectivity index (χ1) is 13.2. The van der Waals surface area contributed by atoms with Crippen molar-refractivity contribution in [2.45, 2.75) is 6.92 Å². The molecule has 0 aliphatic carbocycles. The number of hydrogen-bond donors (Lipinski definition) is 1. The van der Waals surface area contributed by atoms with Crippen LogP contribution < -0.4 is 21.4 Å². The summed E-state index contributed by atoms with van der Waals surface area (Å²) < 4.78 is 9.50. The molecule has 0 aliphatic rings. The third-order valence-electron chi connectivity index (χ3n) is 4.15. The number of hydrazone groups is 1. The third-order valence-corrected chi connectivity index (χ3v) is 4.68. The van der Waals surface area contributed by atoms with Gasteiger partial charge in [0.05, 0.1) is 10.7 Å². The molecule has 0 saturated heterocycles. The van der Waals surface area contributed by atoms with E-state index in [-0.39, 0.29) is 12.3 Å². The summed E-state index contributed by atoms with van der Waals surface area (Å²) in [6, 6.07) is 4.94. The summed E-state index contributed by atoms with van der Waals surface area (Å²) in [6.07, 6.45) is 0. The maximum atomic E-state index is 12.4. The molecule has 3 aromatic rings. The van der Waals surface area contributed by atoms with Crippen molar-refractivity contribution in [1.82, 2.24) is 18.7 Å². The van der Waals surface area contributed by atoms with Crippen LogP contribution in [0.25, 0.3) is 11.2 Å². The van der Waals surface area contributed by atoms with E-state index in [0.717, 1.165) is 4.57 Å². The van der Waals surface area contributed by atoms with Gasteiger partial charge in [0, 0.05) is 26.2 Å². The summed E-state index contributed by atoms with van der Waals surface area (Å²) in [7, 11) is 4.64. The number of halogens is 2. The standard InChI is InChI=1S/C17H18Cl2N6O3/c1-9(8-28-12-6-5-10(18)7-11(12)19)21-22-16-20-14-13(23(16)2)15(26)25(4)17(27)24(14)3/h5-7H,8H2,1-4H3,(H,20,22)/b21-9-. The van der Waals surface area contributed by atoms with Crippen LogP contribution in [0.1, 0.15) is 6.92 Å². The molecule has 1 aromatic carbocycles. The molecule has 0 fully saturated rings. The highest BCUT2D eigenvalue weighted by atomic mass is 35.5. The Hall–Kier alpha value is -2.78. The van der Waals surface area contributed by atoms with Gasteiger partial charge in [0.15, 0.2) is 11.2 Å². The van der Waals surface area contributed by atoms with E-state index in [9.17, 15) is 9.59 Å². The molecular weight excluding hydrogens is 407 g/mol. The molecule has 11 heteroatoms. The molecule has 0 radical (unpaired) electrons. The average molecular weight is 425 g/mol. The fourth-order valence-electron chi connectivity index (χ4n) is 2.57. The molecule has 0 amide bonds. The fourth-order valence-corrected chi connectivity index (χ4v) is 3.03. The summed E-state index contributed by atoms with van der Waals surface area (Å²) in [5.74, 6) is 0.805. The number of nitrogens with one attached hydrogen (secondary N) is 1. The number of imidazole rings is 1. The number of anilines is 1. The van der Waals surface area contributed by atoms with Gasteiger partial charge in [-0.2, -0.15) is 10.1 Å². The van der Waals surface area contributed by atoms with Gasteiger partial charge in [0.2, 0.25) is 5.95 Å². The van der Waals surface area contributed by atoms with Crippen molar-refractivity contribution in [3.05, 3.63) is 49.1 Å². The number of aryl methyl sites for hydroxylation is 2. The SMILES string of the molecule is C/C(COc1ccc(Cl)cc1Cl)=N/Nc1nc2c(c(=O)n(C)c(=O)n2C)n1C. The van der Waals surface area contributed by atoms with Gasteiger partial charge in [0.25, 0.3) is 5.56 Å². The lowest BCUT2D eigenvalue weighted by Gasteiger charge is -2.08. The van der Waals surface area contributed by atoms with E-state index in [1.165, 1.54) is 11.6 Å². The largest absolute Gasteiger partial charge is 0.486 e. The van der Waals surface area contributed by atoms with Crippen LogP contribution in [0.3, 0.4) is 0 Å². The zero-order valence-electron chi connectivity index (χ0n) is 15.7. The van der Waals surface area contributed by atoms with Crippen LogP contribution in [-0.2, 0) is 21.1 Å². The van der Waals surface area contributed by atoms with E-state index in [4.69, 9.17) is 27.9 Å². The van der Waals surface area contributed by atoms with Crippen LogP contribution in [-0.4, -0.2) is 31.0 Å². The van der Waals surface area contributed by atoms with Crippen LogP contribution in [0, 0.1) is 0 Å². The number of nitrogens with zero attached hydrogens (tertiary/aromatic N) is 5. The Morgan fingerprint density at radius 1 is 1.18 bits per heavy atom. The summed E-state index contributed by atoms with van der Waals surface area (Å²) in [5.41, 5.74) is 3.10. The van der Waals surface area contributed by atoms with Gasteiger partial charge in [0.1, 0.15) is 12.4 Å². The molecule has 0 unspecified atom stereocenters. The summed E-state index contributed by atoms with van der Waals surface area (Å²) >= 11 is 11.9. The van der Waals surface area contributed by atoms with Crippen molar-refractivity contribution in [2.75, 3.05) is 12.0 Å². The highest BCUT2D eigenvalue weighted by Crippen LogP contribution is 2.27. The molecule has 0 bridgehead atoms. The first kappa shape index (κ1) is 20.0. The number of rotatable bonds is 5. The monoisotopic (exact) mass is 424 g/mol. The lowest BCUT2D eigenvalue weighted by Crippen LogP contribution is -2.37. The first-order valence-corrected chi connectivity index (χ1v) is 8.95. The van der Waals surface area contributed by atoms with Crippen LogP contribution in [0.5, 0.6) is 5.75 Å². The Morgan fingerprint density at radius 2 is 1.89 bits per heavy atom. The van der Waals surface area contributed by atoms with Crippen LogP contribution >= 0.6 is 23.2 Å². The zero-order chi connectivity index (χ0) is 20.6. The van der Waals surface area contributed by atoms with Gasteiger partial charge in [-0.25, -0.2) is 10.2 Å². The highest BCUT2D eigenvalue weighted by Gasteiger charge is 2.16. The van der Waals surface area contributed by atoms with Gasteiger partial charge in [-0.1, -0.05) is 23.2 Å². The predicted octanol–water partition coefficient (Wildman–Crippen LogP) is 2.14. The maximum Gasteiger partial charge on any atom is 0.332 e. The molecular formula is C17H18Cl2N6O3. The molecule has 28 heavy (non-hydrogen) atoms. The Bertz CT molecular complexity index is 1210. The van der Waals surface area contributed by atoms with Crippen LogP contribution in [0.4, 0.5) is 5.95 Å². The zero-order valence-corrected chi connectivity index (χ0v) is 17.2. The van der Waals surface area contributed by atoms with Crippen molar-refractivity contribution in [2.24, 2.45) is 26.2 Å². The third kappa shape index (κ3) is 3.63. The molecule has 148 valence electrons. The summed E-state index contributed by atoms with van der Waals surface area (Å²) in [5, 5.41) is 5.13. The minimum atomic E-state index is -0.449. The Morgan fingerprint density at radius 3 is 2.57 bits per heavy atom. The van der Waals surface area contributed by atoms with Gasteiger partial charge in [-0.05, 0) is 25.1 Å². The number of aromatic nitrogens is 4. The van der Waals surface area contributed by atoms with E-state index in [1.54, 1.807) is 43.8 Å². The molecule has 0 saturated carbocycles. The van der Waals surface area contributed by atoms with Crippen molar-refractivity contribution in [3.63, 3.8) is 0 Å². The molecule has 0 aliphatic heterocycles. The van der Waals surface area contributed by atoms with E-state index < -0.39 is 11.2 Å². The first-order valence-electron chi connectivity index (χ1n) is 8.20. The molecule has 0 atom stereocenters. The lowest BCUT2D eigenvalue weighted by molar-refractivity contribution is 0.376. The van der Waals surface area contributed by atoms with Crippen LogP contribution in [0.15, 0.2) is 32.9 Å². The van der Waals surface area contributed by atoms with E-state index in [1.807, 2.05) is 0 Å². The Balaban J connectivity index is 1.82. The molecule has 0 spiro atoms.